The van der Waals surface area contributed by atoms with Crippen LogP contribution in [0, 0.1) is 12.8 Å². The van der Waals surface area contributed by atoms with Gasteiger partial charge in [-0.3, -0.25) is 10.1 Å². The van der Waals surface area contributed by atoms with Crippen molar-refractivity contribution in [1.29, 1.82) is 0 Å². The van der Waals surface area contributed by atoms with Crippen molar-refractivity contribution < 1.29 is 0 Å². The molecule has 0 spiro atoms. The molecule has 1 aromatic heterocycles. The van der Waals surface area contributed by atoms with E-state index in [1.54, 1.807) is 0 Å². The largest absolute Gasteiger partial charge is 0.357 e. The fourth-order valence-electron chi connectivity index (χ4n) is 2.22. The minimum Gasteiger partial charge on any atom is -0.357 e. The second kappa shape index (κ2) is 12.7. The maximum Gasteiger partial charge on any atom is 0.191 e. The van der Waals surface area contributed by atoms with Crippen molar-refractivity contribution in [2.24, 2.45) is 10.9 Å². The lowest BCUT2D eigenvalue weighted by atomic mass is 10.0. The Hall–Kier alpha value is -0.790. The van der Waals surface area contributed by atoms with Gasteiger partial charge in [0.25, 0.3) is 0 Å². The van der Waals surface area contributed by atoms with Gasteiger partial charge in [0.1, 0.15) is 0 Å². The molecule has 0 aliphatic heterocycles. The molecule has 0 aliphatic carbocycles. The van der Waals surface area contributed by atoms with E-state index in [9.17, 15) is 0 Å². The molecule has 0 amide bonds. The minimum absolute atomic E-state index is 0. The Morgan fingerprint density at radius 2 is 2.00 bits per heavy atom. The van der Waals surface area contributed by atoms with E-state index in [0.717, 1.165) is 38.4 Å². The van der Waals surface area contributed by atoms with Gasteiger partial charge in [0.15, 0.2) is 5.96 Å². The molecule has 22 heavy (non-hydrogen) atoms. The van der Waals surface area contributed by atoms with E-state index in [4.69, 9.17) is 0 Å². The summed E-state index contributed by atoms with van der Waals surface area (Å²) >= 11 is 0. The molecule has 3 N–H and O–H groups in total. The predicted octanol–water partition coefficient (Wildman–Crippen LogP) is 3.26. The number of aliphatic imine (C=N–C) groups is 1. The summed E-state index contributed by atoms with van der Waals surface area (Å²) in [6, 6.07) is 0. The first-order chi connectivity index (χ1) is 10.2. The van der Waals surface area contributed by atoms with Crippen molar-refractivity contribution in [3.63, 3.8) is 0 Å². The second-order valence-electron chi connectivity index (χ2n) is 5.45. The maximum atomic E-state index is 4.68. The smallest absolute Gasteiger partial charge is 0.191 e. The molecule has 0 aliphatic rings. The van der Waals surface area contributed by atoms with Crippen LogP contribution in [0.25, 0.3) is 0 Å². The number of aryl methyl sites for hydroxylation is 2. The molecule has 128 valence electrons. The third-order valence-electron chi connectivity index (χ3n) is 3.86. The normalized spacial score (nSPS) is 11.4. The Bertz CT molecular complexity index is 412. The maximum absolute atomic E-state index is 4.68. The van der Waals surface area contributed by atoms with Gasteiger partial charge < -0.3 is 10.6 Å². The van der Waals surface area contributed by atoms with E-state index in [-0.39, 0.29) is 24.0 Å². The number of hydrogen-bond donors (Lipinski definition) is 3. The quantitative estimate of drug-likeness (QED) is 0.248. The van der Waals surface area contributed by atoms with Crippen molar-refractivity contribution in [3.05, 3.63) is 17.5 Å². The third kappa shape index (κ3) is 8.00. The minimum atomic E-state index is 0. The molecule has 0 fully saturated rings. The lowest BCUT2D eigenvalue weighted by Gasteiger charge is -2.13. The molecule has 0 saturated heterocycles. The molecule has 0 atom stereocenters. The van der Waals surface area contributed by atoms with E-state index < -0.39 is 0 Å². The number of H-pyrrole nitrogens is 1. The SMILES string of the molecule is CCNC(=NCC(CC)CC)NCCCc1cn[nH]c1C.I. The van der Waals surface area contributed by atoms with Crippen LogP contribution < -0.4 is 10.6 Å². The fourth-order valence-corrected chi connectivity index (χ4v) is 2.22. The number of guanidine groups is 1. The molecule has 0 unspecified atom stereocenters. The Morgan fingerprint density at radius 3 is 2.55 bits per heavy atom. The molecule has 1 rings (SSSR count). The number of hydrogen-bond acceptors (Lipinski definition) is 2. The van der Waals surface area contributed by atoms with Crippen molar-refractivity contribution in [3.8, 4) is 0 Å². The monoisotopic (exact) mass is 421 g/mol. The highest BCUT2D eigenvalue weighted by atomic mass is 127. The molecular weight excluding hydrogens is 389 g/mol. The molecule has 6 heteroatoms. The van der Waals surface area contributed by atoms with Crippen molar-refractivity contribution in [2.75, 3.05) is 19.6 Å². The third-order valence-corrected chi connectivity index (χ3v) is 3.86. The highest BCUT2D eigenvalue weighted by molar-refractivity contribution is 14.0. The number of nitrogens with zero attached hydrogens (tertiary/aromatic N) is 2. The van der Waals surface area contributed by atoms with Gasteiger partial charge in [-0.05, 0) is 38.2 Å². The van der Waals surface area contributed by atoms with Gasteiger partial charge in [0.2, 0.25) is 0 Å². The van der Waals surface area contributed by atoms with E-state index in [2.05, 4.69) is 53.5 Å². The van der Waals surface area contributed by atoms with Crippen LogP contribution in [0.1, 0.15) is 51.3 Å². The number of rotatable bonds is 9. The van der Waals surface area contributed by atoms with E-state index in [1.165, 1.54) is 24.1 Å². The van der Waals surface area contributed by atoms with Gasteiger partial charge in [-0.25, -0.2) is 0 Å². The van der Waals surface area contributed by atoms with Crippen LogP contribution in [-0.4, -0.2) is 35.8 Å². The van der Waals surface area contributed by atoms with Gasteiger partial charge in [0, 0.05) is 25.3 Å². The molecule has 1 heterocycles. The lowest BCUT2D eigenvalue weighted by Crippen LogP contribution is -2.38. The van der Waals surface area contributed by atoms with Gasteiger partial charge in [-0.15, -0.1) is 24.0 Å². The molecule has 0 saturated carbocycles. The fraction of sp³-hybridized carbons (Fsp3) is 0.750. The average Bonchev–Trinajstić information content (AvgIpc) is 2.89. The number of aromatic amines is 1. The number of halogens is 1. The number of nitrogens with one attached hydrogen (secondary N) is 3. The first kappa shape index (κ1) is 21.2. The van der Waals surface area contributed by atoms with Crippen LogP contribution in [0.3, 0.4) is 0 Å². The summed E-state index contributed by atoms with van der Waals surface area (Å²) < 4.78 is 0. The average molecular weight is 421 g/mol. The molecule has 0 radical (unpaired) electrons. The van der Waals surface area contributed by atoms with Gasteiger partial charge in [-0.2, -0.15) is 5.10 Å². The van der Waals surface area contributed by atoms with Crippen LogP contribution in [0.2, 0.25) is 0 Å². The second-order valence-corrected chi connectivity index (χ2v) is 5.45. The highest BCUT2D eigenvalue weighted by Crippen LogP contribution is 2.07. The summed E-state index contributed by atoms with van der Waals surface area (Å²) in [6.45, 7) is 11.4. The van der Waals surface area contributed by atoms with Crippen LogP contribution in [-0.2, 0) is 6.42 Å². The van der Waals surface area contributed by atoms with Crippen molar-refractivity contribution in [2.45, 2.75) is 53.4 Å². The summed E-state index contributed by atoms with van der Waals surface area (Å²) in [5, 5.41) is 13.8. The molecule has 0 bridgehead atoms. The lowest BCUT2D eigenvalue weighted by molar-refractivity contribution is 0.504. The van der Waals surface area contributed by atoms with E-state index >= 15 is 0 Å². The zero-order chi connectivity index (χ0) is 15.5. The van der Waals surface area contributed by atoms with Crippen LogP contribution in [0.15, 0.2) is 11.2 Å². The summed E-state index contributed by atoms with van der Waals surface area (Å²) in [5.74, 6) is 1.63. The Labute approximate surface area is 152 Å². The zero-order valence-electron chi connectivity index (χ0n) is 14.4. The summed E-state index contributed by atoms with van der Waals surface area (Å²) in [5.41, 5.74) is 2.47. The molecule has 1 aromatic rings. The van der Waals surface area contributed by atoms with Crippen LogP contribution in [0.5, 0.6) is 0 Å². The molecule has 5 nitrogen and oxygen atoms in total. The summed E-state index contributed by atoms with van der Waals surface area (Å²) in [4.78, 5) is 4.68. The van der Waals surface area contributed by atoms with Gasteiger partial charge in [0.05, 0.1) is 6.20 Å². The topological polar surface area (TPSA) is 65.1 Å². The first-order valence-electron chi connectivity index (χ1n) is 8.22. The van der Waals surface area contributed by atoms with Crippen LogP contribution >= 0.6 is 24.0 Å². The highest BCUT2D eigenvalue weighted by Gasteiger charge is 2.04. The summed E-state index contributed by atoms with van der Waals surface area (Å²) in [6.07, 6.45) is 6.43. The standard InChI is InChI=1S/C16H31N5.HI/c1-5-14(6-2)11-19-16(17-7-3)18-10-8-9-15-12-20-21-13(15)4;/h12,14H,5-11H2,1-4H3,(H,20,21)(H2,17,18,19);1H. The van der Waals surface area contributed by atoms with E-state index in [1.807, 2.05) is 6.20 Å². The van der Waals surface area contributed by atoms with Crippen molar-refractivity contribution in [1.82, 2.24) is 20.8 Å². The first-order valence-corrected chi connectivity index (χ1v) is 8.22. The van der Waals surface area contributed by atoms with Gasteiger partial charge in [-0.1, -0.05) is 26.7 Å². The zero-order valence-corrected chi connectivity index (χ0v) is 16.7. The van der Waals surface area contributed by atoms with E-state index in [0.29, 0.717) is 5.92 Å². The van der Waals surface area contributed by atoms with Gasteiger partial charge >= 0.3 is 0 Å². The van der Waals surface area contributed by atoms with Crippen molar-refractivity contribution >= 4 is 29.9 Å². The number of aromatic nitrogens is 2. The Kier molecular flexibility index (Phi) is 12.3. The Balaban J connectivity index is 0.00000441. The van der Waals surface area contributed by atoms with Crippen LogP contribution in [0.4, 0.5) is 0 Å². The Morgan fingerprint density at radius 1 is 1.27 bits per heavy atom. The predicted molar refractivity (Wildman–Crippen MR) is 105 cm³/mol. The molecular formula is C16H32IN5. The molecule has 0 aromatic carbocycles. The summed E-state index contributed by atoms with van der Waals surface area (Å²) in [7, 11) is 0.